The highest BCUT2D eigenvalue weighted by Gasteiger charge is 2.19. The zero-order chi connectivity index (χ0) is 11.4. The lowest BCUT2D eigenvalue weighted by atomic mass is 9.94. The van der Waals surface area contributed by atoms with Gasteiger partial charge in [0.1, 0.15) is 18.0 Å². The number of nitrogens with one attached hydrogen (secondary N) is 1. The number of nitrogens with zero attached hydrogens (tertiary/aromatic N) is 3. The number of rotatable bonds is 3. The second-order valence-corrected chi connectivity index (χ2v) is 4.31. The molecule has 1 aromatic heterocycles. The fraction of sp³-hybridized carbons (Fsp3) is 0.636. The number of hydrazine groups is 1. The van der Waals surface area contributed by atoms with E-state index in [0.717, 1.165) is 5.82 Å². The fourth-order valence-corrected chi connectivity index (χ4v) is 2.27. The van der Waals surface area contributed by atoms with E-state index >= 15 is 0 Å². The van der Waals surface area contributed by atoms with E-state index in [1.807, 2.05) is 6.07 Å². The number of hydrogen-bond acceptors (Lipinski definition) is 5. The van der Waals surface area contributed by atoms with Crippen LogP contribution in [0.15, 0.2) is 12.4 Å². The third kappa shape index (κ3) is 2.41. The molecule has 2 rings (SSSR count). The summed E-state index contributed by atoms with van der Waals surface area (Å²) in [5.74, 6) is 6.94. The maximum atomic E-state index is 5.34. The van der Waals surface area contributed by atoms with Crippen molar-refractivity contribution in [2.45, 2.75) is 38.1 Å². The van der Waals surface area contributed by atoms with Crippen LogP contribution < -0.4 is 16.2 Å². The first-order valence-electron chi connectivity index (χ1n) is 5.83. The number of nitrogens with two attached hydrogens (primary N) is 1. The number of anilines is 2. The van der Waals surface area contributed by atoms with Gasteiger partial charge in [-0.2, -0.15) is 0 Å². The lowest BCUT2D eigenvalue weighted by Crippen LogP contribution is -2.34. The Morgan fingerprint density at radius 3 is 2.75 bits per heavy atom. The number of nitrogen functional groups attached to an aromatic ring is 1. The first-order valence-corrected chi connectivity index (χ1v) is 5.83. The van der Waals surface area contributed by atoms with Gasteiger partial charge in [0.2, 0.25) is 0 Å². The Kier molecular flexibility index (Phi) is 3.56. The Morgan fingerprint density at radius 2 is 2.06 bits per heavy atom. The smallest absolute Gasteiger partial charge is 0.145 e. The predicted molar refractivity (Wildman–Crippen MR) is 65.1 cm³/mol. The average molecular weight is 221 g/mol. The van der Waals surface area contributed by atoms with Crippen LogP contribution in [0.3, 0.4) is 0 Å². The van der Waals surface area contributed by atoms with Crippen LogP contribution >= 0.6 is 0 Å². The molecule has 0 aliphatic heterocycles. The van der Waals surface area contributed by atoms with Gasteiger partial charge < -0.3 is 10.3 Å². The highest BCUT2D eigenvalue weighted by molar-refractivity contribution is 5.47. The first-order chi connectivity index (χ1) is 7.81. The van der Waals surface area contributed by atoms with Gasteiger partial charge in [-0.1, -0.05) is 19.3 Å². The molecule has 0 unspecified atom stereocenters. The van der Waals surface area contributed by atoms with Crippen LogP contribution in [0.25, 0.3) is 0 Å². The molecular formula is C11H19N5. The zero-order valence-electron chi connectivity index (χ0n) is 9.69. The van der Waals surface area contributed by atoms with Gasteiger partial charge in [-0.25, -0.2) is 15.8 Å². The summed E-state index contributed by atoms with van der Waals surface area (Å²) in [5.41, 5.74) is 2.55. The molecule has 0 bridgehead atoms. The largest absolute Gasteiger partial charge is 0.357 e. The normalized spacial score (nSPS) is 17.1. The molecule has 0 amide bonds. The monoisotopic (exact) mass is 221 g/mol. The van der Waals surface area contributed by atoms with Crippen LogP contribution in [0.5, 0.6) is 0 Å². The maximum Gasteiger partial charge on any atom is 0.145 e. The van der Waals surface area contributed by atoms with Crippen molar-refractivity contribution >= 4 is 11.6 Å². The van der Waals surface area contributed by atoms with E-state index in [-0.39, 0.29) is 0 Å². The van der Waals surface area contributed by atoms with Gasteiger partial charge in [0.15, 0.2) is 0 Å². The van der Waals surface area contributed by atoms with Gasteiger partial charge in [0, 0.05) is 19.2 Å². The minimum Gasteiger partial charge on any atom is -0.357 e. The van der Waals surface area contributed by atoms with Crippen molar-refractivity contribution in [2.75, 3.05) is 17.4 Å². The first kappa shape index (κ1) is 11.1. The van der Waals surface area contributed by atoms with Crippen LogP contribution in [0, 0.1) is 0 Å². The lowest BCUT2D eigenvalue weighted by molar-refractivity contribution is 0.426. The molecule has 1 saturated carbocycles. The molecule has 0 atom stereocenters. The van der Waals surface area contributed by atoms with E-state index in [9.17, 15) is 0 Å². The Balaban J connectivity index is 2.09. The molecule has 0 radical (unpaired) electrons. The molecule has 3 N–H and O–H groups in total. The van der Waals surface area contributed by atoms with Gasteiger partial charge >= 0.3 is 0 Å². The molecule has 1 fully saturated rings. The lowest BCUT2D eigenvalue weighted by Gasteiger charge is -2.32. The van der Waals surface area contributed by atoms with Crippen LogP contribution in [0.2, 0.25) is 0 Å². The van der Waals surface area contributed by atoms with E-state index in [2.05, 4.69) is 27.3 Å². The topological polar surface area (TPSA) is 67.1 Å². The summed E-state index contributed by atoms with van der Waals surface area (Å²) >= 11 is 0. The molecule has 0 saturated heterocycles. The minimum absolute atomic E-state index is 0.606. The Bertz CT molecular complexity index is 335. The van der Waals surface area contributed by atoms with Gasteiger partial charge in [-0.05, 0) is 12.8 Å². The van der Waals surface area contributed by atoms with Crippen molar-refractivity contribution in [2.24, 2.45) is 5.84 Å². The molecule has 5 heteroatoms. The zero-order valence-corrected chi connectivity index (χ0v) is 9.69. The highest BCUT2D eigenvalue weighted by Crippen LogP contribution is 2.25. The number of hydrogen-bond donors (Lipinski definition) is 2. The van der Waals surface area contributed by atoms with Gasteiger partial charge in [-0.15, -0.1) is 0 Å². The Hall–Kier alpha value is -1.36. The van der Waals surface area contributed by atoms with Crippen LogP contribution in [0.1, 0.15) is 32.1 Å². The third-order valence-electron chi connectivity index (χ3n) is 3.28. The second kappa shape index (κ2) is 5.12. The predicted octanol–water partition coefficient (Wildman–Crippen LogP) is 1.53. The summed E-state index contributed by atoms with van der Waals surface area (Å²) in [6, 6.07) is 2.49. The van der Waals surface area contributed by atoms with E-state index < -0.39 is 0 Å². The average Bonchev–Trinajstić information content (AvgIpc) is 2.39. The molecule has 88 valence electrons. The van der Waals surface area contributed by atoms with E-state index in [4.69, 9.17) is 5.84 Å². The summed E-state index contributed by atoms with van der Waals surface area (Å²) in [6.45, 7) is 0. The van der Waals surface area contributed by atoms with Crippen LogP contribution in [-0.4, -0.2) is 23.1 Å². The van der Waals surface area contributed by atoms with E-state index in [1.54, 1.807) is 6.33 Å². The summed E-state index contributed by atoms with van der Waals surface area (Å²) in [5, 5.41) is 0. The Labute approximate surface area is 96.0 Å². The van der Waals surface area contributed by atoms with Crippen molar-refractivity contribution in [3.8, 4) is 0 Å². The van der Waals surface area contributed by atoms with Crippen molar-refractivity contribution in [1.82, 2.24) is 9.97 Å². The summed E-state index contributed by atoms with van der Waals surface area (Å²) in [7, 11) is 2.10. The molecule has 1 heterocycles. The molecule has 0 aromatic carbocycles. The second-order valence-electron chi connectivity index (χ2n) is 4.31. The molecular weight excluding hydrogens is 202 g/mol. The summed E-state index contributed by atoms with van der Waals surface area (Å²) in [6.07, 6.45) is 8.07. The molecule has 1 aliphatic carbocycles. The minimum atomic E-state index is 0.606. The maximum absolute atomic E-state index is 5.34. The van der Waals surface area contributed by atoms with E-state index in [1.165, 1.54) is 32.1 Å². The van der Waals surface area contributed by atoms with Gasteiger partial charge in [-0.3, -0.25) is 0 Å². The quantitative estimate of drug-likeness (QED) is 0.598. The van der Waals surface area contributed by atoms with Crippen LogP contribution in [-0.2, 0) is 0 Å². The SMILES string of the molecule is CN(c1cc(NN)ncn1)C1CCCCC1. The van der Waals surface area contributed by atoms with Crippen molar-refractivity contribution < 1.29 is 0 Å². The fourth-order valence-electron chi connectivity index (χ4n) is 2.27. The molecule has 16 heavy (non-hydrogen) atoms. The summed E-state index contributed by atoms with van der Waals surface area (Å²) < 4.78 is 0. The van der Waals surface area contributed by atoms with Gasteiger partial charge in [0.25, 0.3) is 0 Å². The van der Waals surface area contributed by atoms with Crippen LogP contribution in [0.4, 0.5) is 11.6 Å². The molecule has 5 nitrogen and oxygen atoms in total. The number of aromatic nitrogens is 2. The third-order valence-corrected chi connectivity index (χ3v) is 3.28. The Morgan fingerprint density at radius 1 is 1.31 bits per heavy atom. The van der Waals surface area contributed by atoms with Crippen molar-refractivity contribution in [3.63, 3.8) is 0 Å². The van der Waals surface area contributed by atoms with Crippen molar-refractivity contribution in [3.05, 3.63) is 12.4 Å². The van der Waals surface area contributed by atoms with Gasteiger partial charge in [0.05, 0.1) is 0 Å². The summed E-state index contributed by atoms with van der Waals surface area (Å²) in [4.78, 5) is 10.5. The standard InChI is InChI=1S/C11H19N5/c1-16(9-5-3-2-4-6-9)11-7-10(15-12)13-8-14-11/h7-9H,2-6,12H2,1H3,(H,13,14,15). The molecule has 1 aromatic rings. The van der Waals surface area contributed by atoms with Crippen molar-refractivity contribution in [1.29, 1.82) is 0 Å². The molecule has 1 aliphatic rings. The molecule has 0 spiro atoms. The van der Waals surface area contributed by atoms with E-state index in [0.29, 0.717) is 11.9 Å². The highest BCUT2D eigenvalue weighted by atomic mass is 15.3.